The molecule has 2 fully saturated rings. The largest absolute Gasteiger partial charge is 0.399 e. The van der Waals surface area contributed by atoms with E-state index in [2.05, 4.69) is 49.3 Å². The number of morpholine rings is 2. The first-order valence-corrected chi connectivity index (χ1v) is 22.1. The number of thiocarbonyl (C=S) groups is 1. The third-order valence-electron chi connectivity index (χ3n) is 10.3. The van der Waals surface area contributed by atoms with Crippen LogP contribution in [0, 0.1) is 10.7 Å². The third-order valence-corrected chi connectivity index (χ3v) is 11.1. The number of anilines is 5. The van der Waals surface area contributed by atoms with Crippen LogP contribution in [0.3, 0.4) is 0 Å². The van der Waals surface area contributed by atoms with Crippen LogP contribution < -0.4 is 26.2 Å². The number of nitrogens with zero attached hydrogens (tertiary/aromatic N) is 11. The van der Waals surface area contributed by atoms with Crippen molar-refractivity contribution in [3.8, 4) is 28.2 Å². The molecule has 0 radical (unpaired) electrons. The highest BCUT2D eigenvalue weighted by Gasteiger charge is 2.25. The van der Waals surface area contributed by atoms with Crippen LogP contribution in [-0.4, -0.2) is 103 Å². The van der Waals surface area contributed by atoms with E-state index in [1.807, 2.05) is 118 Å². The van der Waals surface area contributed by atoms with Crippen molar-refractivity contribution in [1.82, 2.24) is 39.2 Å². The van der Waals surface area contributed by atoms with E-state index < -0.39 is 7.15 Å². The van der Waals surface area contributed by atoms with Gasteiger partial charge in [0.25, 0.3) is 0 Å². The Bertz CT molecular complexity index is 2850. The van der Waals surface area contributed by atoms with Gasteiger partial charge in [-0.2, -0.15) is 5.26 Å². The van der Waals surface area contributed by atoms with Gasteiger partial charge in [-0.15, -0.1) is 10.2 Å². The second-order valence-electron chi connectivity index (χ2n) is 14.8. The summed E-state index contributed by atoms with van der Waals surface area (Å²) in [7, 11) is -1.00. The maximum atomic E-state index is 9.96. The molecule has 10 rings (SSSR count). The second-order valence-corrected chi connectivity index (χ2v) is 16.1. The number of nitrogens with one attached hydrogen (secondary N) is 2. The molecule has 2 saturated heterocycles. The van der Waals surface area contributed by atoms with E-state index >= 15 is 0 Å². The average Bonchev–Trinajstić information content (AvgIpc) is 4.04. The molecular weight excluding hydrogens is 876 g/mol. The summed E-state index contributed by atoms with van der Waals surface area (Å²) in [4.78, 5) is 23.2. The maximum absolute atomic E-state index is 9.96. The van der Waals surface area contributed by atoms with Crippen LogP contribution in [0.4, 0.5) is 33.1 Å². The number of fused-ring (bicyclic) bond motifs is 2. The number of hydrogen-bond acceptors (Lipinski definition) is 14. The topological polar surface area (TPSA) is 185 Å². The number of halogens is 1. The summed E-state index contributed by atoms with van der Waals surface area (Å²) in [6, 6.07) is 31.6. The Labute approximate surface area is 393 Å². The molecule has 4 N–H and O–H groups in total. The highest BCUT2D eigenvalue weighted by molar-refractivity contribution is 8.03. The molecule has 2 aromatic carbocycles. The predicted octanol–water partition coefficient (Wildman–Crippen LogP) is 8.27. The molecule has 19 heteroatoms. The van der Waals surface area contributed by atoms with E-state index in [-0.39, 0.29) is 12.1 Å². The SMILES string of the molecule is C[C@@H]1COCCN1c1nc(-c2ccc(N)cc2)nn2cccc12.C[C@@H]1COCCN1c1nc(-c2ccc(NC(=S)Nc3cccnc3)cc2)nn2cccc12.N#CSc1cccnc1.[2H]CF. The molecule has 8 aromatic rings. The van der Waals surface area contributed by atoms with Crippen molar-refractivity contribution in [3.63, 3.8) is 0 Å². The zero-order chi connectivity index (χ0) is 47.0. The molecule has 6 aromatic heterocycles. The van der Waals surface area contributed by atoms with E-state index in [1.165, 1.54) is 0 Å². The summed E-state index contributed by atoms with van der Waals surface area (Å²) < 4.78 is 30.4. The number of nitrogens with two attached hydrogens (primary N) is 1. The quantitative estimate of drug-likeness (QED) is 0.0600. The lowest BCUT2D eigenvalue weighted by molar-refractivity contribution is 0.0986. The number of thioether (sulfide) groups is 1. The maximum Gasteiger partial charge on any atom is 0.182 e. The highest BCUT2D eigenvalue weighted by atomic mass is 32.2. The second kappa shape index (κ2) is 23.1. The van der Waals surface area contributed by atoms with Gasteiger partial charge >= 0.3 is 0 Å². The standard InChI is InChI=1S/C23H23N7OS.C17H19N5O.C6H4N2S.CH3F/c1-16-15-31-13-12-29(16)22-20-5-3-11-30(20)28-21(27-22)17-6-8-18(9-7-17)25-23(32)26-19-4-2-10-24-14-19;1-12-11-23-10-9-21(12)17-15-3-2-8-22(15)20-16(19-17)13-4-6-14(18)7-5-13;7-5-9-6-2-1-3-8-4-6;1-2/h2-11,14,16H,12-13,15H2,1H3,(H2,25,26,32);2-8,12H,9-11,18H2,1H3;1-4H;1H3/t16-;12-;;/m11../s1/i;;;1D. The summed E-state index contributed by atoms with van der Waals surface area (Å²) in [5.74, 6) is 3.25. The van der Waals surface area contributed by atoms with Gasteiger partial charge in [0.2, 0.25) is 0 Å². The van der Waals surface area contributed by atoms with Crippen molar-refractivity contribution >= 4 is 68.8 Å². The monoisotopic (exact) mass is 925 g/mol. The first-order valence-electron chi connectivity index (χ1n) is 21.6. The van der Waals surface area contributed by atoms with E-state index in [0.29, 0.717) is 36.6 Å². The molecule has 2 aliphatic heterocycles. The molecule has 338 valence electrons. The van der Waals surface area contributed by atoms with Gasteiger partial charge in [0, 0.05) is 71.5 Å². The van der Waals surface area contributed by atoms with Gasteiger partial charge in [0.15, 0.2) is 28.4 Å². The average molecular weight is 926 g/mol. The molecule has 2 atom stereocenters. The van der Waals surface area contributed by atoms with Gasteiger partial charge in [-0.05, 0) is 135 Å². The van der Waals surface area contributed by atoms with Crippen LogP contribution >= 0.6 is 24.0 Å². The fourth-order valence-electron chi connectivity index (χ4n) is 7.11. The molecule has 0 aliphatic carbocycles. The van der Waals surface area contributed by atoms with Crippen molar-refractivity contribution in [1.29, 1.82) is 5.26 Å². The number of hydrogen-bond donors (Lipinski definition) is 3. The van der Waals surface area contributed by atoms with Crippen molar-refractivity contribution < 1.29 is 15.2 Å². The molecule has 0 amide bonds. The van der Waals surface area contributed by atoms with Crippen molar-refractivity contribution in [2.75, 3.05) is 72.8 Å². The minimum absolute atomic E-state index is 0.255. The highest BCUT2D eigenvalue weighted by Crippen LogP contribution is 2.29. The Balaban J connectivity index is 0.000000165. The van der Waals surface area contributed by atoms with Gasteiger partial charge < -0.3 is 35.6 Å². The van der Waals surface area contributed by atoms with E-state index in [4.69, 9.17) is 49.1 Å². The number of benzene rings is 2. The van der Waals surface area contributed by atoms with Crippen molar-refractivity contribution in [2.24, 2.45) is 0 Å². The summed E-state index contributed by atoms with van der Waals surface area (Å²) in [5, 5.41) is 26.3. The molecule has 0 saturated carbocycles. The third kappa shape index (κ3) is 11.9. The molecule has 2 aliphatic rings. The normalized spacial score (nSPS) is 15.7. The summed E-state index contributed by atoms with van der Waals surface area (Å²) in [5.41, 5.74) is 12.1. The number of nitriles is 1. The minimum atomic E-state index is -1.00. The zero-order valence-electron chi connectivity index (χ0n) is 37.3. The van der Waals surface area contributed by atoms with Crippen molar-refractivity contribution in [3.05, 3.63) is 134 Å². The van der Waals surface area contributed by atoms with E-state index in [1.54, 1.807) is 30.9 Å². The van der Waals surface area contributed by atoms with Gasteiger partial charge in [-0.1, -0.05) is 0 Å². The Kier molecular flexibility index (Phi) is 15.9. The number of thiocyanates is 1. The lowest BCUT2D eigenvalue weighted by atomic mass is 10.2. The Morgan fingerprint density at radius 1 is 0.758 bits per heavy atom. The first-order chi connectivity index (χ1) is 32.7. The molecule has 66 heavy (non-hydrogen) atoms. The van der Waals surface area contributed by atoms with Crippen LogP contribution in [0.1, 0.15) is 15.2 Å². The summed E-state index contributed by atoms with van der Waals surface area (Å²) in [6.45, 7) is 8.78. The van der Waals surface area contributed by atoms with Crippen LogP contribution in [-0.2, 0) is 9.47 Å². The van der Waals surface area contributed by atoms with E-state index in [9.17, 15) is 4.39 Å². The summed E-state index contributed by atoms with van der Waals surface area (Å²) >= 11 is 6.51. The van der Waals surface area contributed by atoms with Gasteiger partial charge in [-0.3, -0.25) is 14.4 Å². The first kappa shape index (κ1) is 45.3. The number of nitrogen functional groups attached to an aromatic ring is 1. The van der Waals surface area contributed by atoms with Gasteiger partial charge in [0.1, 0.15) is 16.4 Å². The fourth-order valence-corrected chi connectivity index (χ4v) is 7.71. The van der Waals surface area contributed by atoms with Crippen molar-refractivity contribution in [2.45, 2.75) is 30.8 Å². The molecule has 0 bridgehead atoms. The minimum Gasteiger partial charge on any atom is -0.399 e. The number of rotatable bonds is 7. The van der Waals surface area contributed by atoms with Crippen LogP contribution in [0.2, 0.25) is 0 Å². The molecule has 0 unspecified atom stereocenters. The lowest BCUT2D eigenvalue weighted by Gasteiger charge is -2.34. The number of aromatic nitrogens is 8. The Morgan fingerprint density at radius 2 is 1.27 bits per heavy atom. The predicted molar refractivity (Wildman–Crippen MR) is 263 cm³/mol. The van der Waals surface area contributed by atoms with E-state index in [0.717, 1.165) is 87.2 Å². The van der Waals surface area contributed by atoms with Gasteiger partial charge in [0.05, 0.1) is 58.9 Å². The van der Waals surface area contributed by atoms with Crippen LogP contribution in [0.15, 0.2) is 139 Å². The Morgan fingerprint density at radius 3 is 1.76 bits per heavy atom. The Hall–Kier alpha value is -7.24. The van der Waals surface area contributed by atoms with Gasteiger partial charge in [-0.25, -0.2) is 19.0 Å². The molecule has 8 heterocycles. The molecular formula is C47H49FN14O2S2. The zero-order valence-corrected chi connectivity index (χ0v) is 37.9. The number of ether oxygens (including phenoxy) is 2. The molecule has 0 spiro atoms. The van der Waals surface area contributed by atoms with Crippen LogP contribution in [0.25, 0.3) is 33.8 Å². The number of alkyl halides is 1. The lowest BCUT2D eigenvalue weighted by Crippen LogP contribution is -2.44. The summed E-state index contributed by atoms with van der Waals surface area (Å²) in [6.07, 6.45) is 10.7. The smallest absolute Gasteiger partial charge is 0.182 e. The van der Waals surface area contributed by atoms with Crippen LogP contribution in [0.5, 0.6) is 0 Å². The number of pyridine rings is 2. The fraction of sp³-hybridized carbons (Fsp3) is 0.234. The molecule has 16 nitrogen and oxygen atoms in total.